The second kappa shape index (κ2) is 13.2. The number of nitrogens with zero attached hydrogens (tertiary/aromatic N) is 1. The van der Waals surface area contributed by atoms with Gasteiger partial charge in [0.2, 0.25) is 0 Å². The number of hydrogen-bond donors (Lipinski definition) is 1. The van der Waals surface area contributed by atoms with Crippen LogP contribution in [-0.4, -0.2) is 9.55 Å². The molecule has 1 N–H and O–H groups in total. The summed E-state index contributed by atoms with van der Waals surface area (Å²) in [7, 11) is 0. The van der Waals surface area contributed by atoms with Crippen LogP contribution in [0.2, 0.25) is 10.0 Å². The van der Waals surface area contributed by atoms with Gasteiger partial charge in [-0.2, -0.15) is 0 Å². The molecule has 0 bridgehead atoms. The van der Waals surface area contributed by atoms with Gasteiger partial charge in [-0.3, -0.25) is 0 Å². The molecular weight excluding hydrogens is 735 g/mol. The van der Waals surface area contributed by atoms with Crippen molar-refractivity contribution in [1.29, 1.82) is 0 Å². The predicted octanol–water partition coefficient (Wildman–Crippen LogP) is 8.54. The van der Waals surface area contributed by atoms with Crippen LogP contribution in [0.5, 0.6) is 0 Å². The van der Waals surface area contributed by atoms with Crippen molar-refractivity contribution in [3.8, 4) is 11.1 Å². The van der Waals surface area contributed by atoms with Crippen LogP contribution in [0.25, 0.3) is 23.3 Å². The van der Waals surface area contributed by atoms with Crippen LogP contribution in [0.1, 0.15) is 18.9 Å². The van der Waals surface area contributed by atoms with Gasteiger partial charge in [-0.1, -0.05) is 163 Å². The minimum absolute atomic E-state index is 0. The first-order chi connectivity index (χ1) is 23.0. The fourth-order valence-corrected chi connectivity index (χ4v) is 12.5. The third-order valence-electron chi connectivity index (χ3n) is 9.47. The summed E-state index contributed by atoms with van der Waals surface area (Å²) < 4.78 is 2.44. The zero-order valence-corrected chi connectivity index (χ0v) is 30.4. The van der Waals surface area contributed by atoms with Crippen LogP contribution in [0.4, 0.5) is 0 Å². The van der Waals surface area contributed by atoms with Crippen LogP contribution in [0.3, 0.4) is 0 Å². The summed E-state index contributed by atoms with van der Waals surface area (Å²) in [5.74, 6) is 0. The number of fused-ring (bicyclic) bond motifs is 3. The van der Waals surface area contributed by atoms with Gasteiger partial charge in [0.05, 0.1) is 15.6 Å². The van der Waals surface area contributed by atoms with E-state index in [1.807, 2.05) is 12.1 Å². The Hall–Kier alpha value is -3.84. The molecule has 2 aliphatic rings. The molecule has 2 aliphatic carbocycles. The first-order valence-corrected chi connectivity index (χ1v) is 18.4. The molecule has 1 unspecified atom stereocenters. The van der Waals surface area contributed by atoms with E-state index in [-0.39, 0.29) is 25.0 Å². The van der Waals surface area contributed by atoms with E-state index in [2.05, 4.69) is 168 Å². The van der Waals surface area contributed by atoms with Gasteiger partial charge in [-0.15, -0.1) is 0 Å². The standard InChI is InChI=1S/C42H33Cl2N2P.Ru/c1-42(24-12-13-30(29-42)27-31-15-10-21-36-35-20-9-8-14-32(35)28-37(31)36)46-26-25-45-41(46)47(33-16-4-2-5-17-33,34-18-6-3-7-19-34)39-23-11-22-38(43)40(39)44;/h2-28,45H,29H2,1H3;. The number of rotatable bonds is 5. The van der Waals surface area contributed by atoms with Gasteiger partial charge in [0.1, 0.15) is 5.20 Å². The van der Waals surface area contributed by atoms with Crippen LogP contribution in [-0.2, 0) is 25.0 Å². The molecule has 0 amide bonds. The number of benzene rings is 5. The SMILES string of the molecule is CC1(n2cc[nH]c2=P(c2ccccc2)(c2ccccc2)c2cccc(Cl)c2Cl)C=CC=C(C=c2cccc3c2=Cc2ccccc2-3)C1.[Ru]. The molecule has 48 heavy (non-hydrogen) atoms. The Labute approximate surface area is 304 Å². The number of hydrogen-bond acceptors (Lipinski definition) is 0. The number of allylic oxidation sites excluding steroid dienone is 4. The minimum Gasteiger partial charge on any atom is -0.346 e. The van der Waals surface area contributed by atoms with Gasteiger partial charge in [0.25, 0.3) is 0 Å². The zero-order chi connectivity index (χ0) is 32.0. The van der Waals surface area contributed by atoms with Crippen LogP contribution in [0.15, 0.2) is 158 Å². The van der Waals surface area contributed by atoms with Crippen molar-refractivity contribution in [3.05, 3.63) is 189 Å². The van der Waals surface area contributed by atoms with E-state index in [0.29, 0.717) is 10.0 Å². The number of imidazole rings is 1. The molecule has 6 aromatic rings. The summed E-state index contributed by atoms with van der Waals surface area (Å²) in [4.78, 5) is 3.76. The molecule has 0 radical (unpaired) electrons. The molecule has 0 saturated heterocycles. The number of aromatic nitrogens is 2. The van der Waals surface area contributed by atoms with Crippen molar-refractivity contribution < 1.29 is 19.5 Å². The normalized spacial score (nSPS) is 16.8. The first-order valence-electron chi connectivity index (χ1n) is 15.8. The summed E-state index contributed by atoms with van der Waals surface area (Å²) in [6, 6.07) is 42.8. The maximum atomic E-state index is 7.20. The Balaban J connectivity index is 0.00000364. The Bertz CT molecular complexity index is 2400. The average molecular weight is 769 g/mol. The van der Waals surface area contributed by atoms with Crippen molar-refractivity contribution in [2.24, 2.45) is 0 Å². The van der Waals surface area contributed by atoms with E-state index in [4.69, 9.17) is 23.2 Å². The summed E-state index contributed by atoms with van der Waals surface area (Å²) in [5.41, 5.74) is 4.79. The minimum atomic E-state index is -2.58. The fraction of sp³-hybridized carbons (Fsp3) is 0.0714. The van der Waals surface area contributed by atoms with E-state index in [1.165, 1.54) is 43.3 Å². The molecule has 6 heteroatoms. The van der Waals surface area contributed by atoms with E-state index in [1.54, 1.807) is 0 Å². The van der Waals surface area contributed by atoms with Crippen molar-refractivity contribution in [2.75, 3.05) is 0 Å². The maximum absolute atomic E-state index is 7.20. The molecule has 0 saturated carbocycles. The summed E-state index contributed by atoms with van der Waals surface area (Å²) in [6.07, 6.45) is 16.5. The quantitative estimate of drug-likeness (QED) is 0.134. The fourth-order valence-electron chi connectivity index (χ4n) is 7.34. The Morgan fingerprint density at radius 3 is 2.19 bits per heavy atom. The molecule has 2 nitrogen and oxygen atoms in total. The van der Waals surface area contributed by atoms with Crippen LogP contribution >= 0.6 is 30.1 Å². The van der Waals surface area contributed by atoms with Crippen molar-refractivity contribution in [1.82, 2.24) is 9.55 Å². The molecule has 1 aromatic heterocycles. The van der Waals surface area contributed by atoms with Crippen LogP contribution in [0, 0.1) is 5.20 Å². The van der Waals surface area contributed by atoms with E-state index in [0.717, 1.165) is 16.9 Å². The van der Waals surface area contributed by atoms with E-state index < -0.39 is 6.89 Å². The van der Waals surface area contributed by atoms with Gasteiger partial charge in [-0.25, -0.2) is 0 Å². The third kappa shape index (κ3) is 5.39. The summed E-state index contributed by atoms with van der Waals surface area (Å²) in [6.45, 7) is -0.255. The second-order valence-electron chi connectivity index (χ2n) is 12.4. The van der Waals surface area contributed by atoms with Crippen molar-refractivity contribution >= 4 is 58.2 Å². The van der Waals surface area contributed by atoms with Crippen molar-refractivity contribution in [3.63, 3.8) is 0 Å². The van der Waals surface area contributed by atoms with Gasteiger partial charge in [0.15, 0.2) is 0 Å². The zero-order valence-electron chi connectivity index (χ0n) is 26.3. The van der Waals surface area contributed by atoms with Gasteiger partial charge < -0.3 is 9.55 Å². The van der Waals surface area contributed by atoms with Gasteiger partial charge in [-0.05, 0) is 68.8 Å². The largest absolute Gasteiger partial charge is 0.346 e. The monoisotopic (exact) mass is 768 g/mol. The molecule has 0 fully saturated rings. The number of halogens is 2. The molecule has 1 atom stereocenters. The molecule has 8 rings (SSSR count). The maximum Gasteiger partial charge on any atom is 0.118 e. The molecule has 5 aromatic carbocycles. The molecule has 0 aliphatic heterocycles. The van der Waals surface area contributed by atoms with Crippen molar-refractivity contribution in [2.45, 2.75) is 18.9 Å². The predicted molar refractivity (Wildman–Crippen MR) is 202 cm³/mol. The third-order valence-corrected chi connectivity index (χ3v) is 14.6. The summed E-state index contributed by atoms with van der Waals surface area (Å²) in [5, 5.41) is 8.20. The Morgan fingerprint density at radius 1 is 0.771 bits per heavy atom. The summed E-state index contributed by atoms with van der Waals surface area (Å²) >= 11 is 14.0. The topological polar surface area (TPSA) is 20.7 Å². The molecule has 1 heterocycles. The number of H-pyrrole nitrogens is 1. The molecule has 0 spiro atoms. The molecular formula is C42H33Cl2N2PRu. The van der Waals surface area contributed by atoms with E-state index in [9.17, 15) is 0 Å². The van der Waals surface area contributed by atoms with Crippen LogP contribution < -0.4 is 26.4 Å². The smallest absolute Gasteiger partial charge is 0.118 e. The van der Waals surface area contributed by atoms with Gasteiger partial charge in [0, 0.05) is 44.1 Å². The second-order valence-corrected chi connectivity index (χ2v) is 16.5. The Morgan fingerprint density at radius 2 is 1.44 bits per heavy atom. The number of nitrogens with one attached hydrogen (secondary N) is 1. The molecule has 238 valence electrons. The van der Waals surface area contributed by atoms with Gasteiger partial charge >= 0.3 is 0 Å². The van der Waals surface area contributed by atoms with E-state index >= 15 is 0 Å². The average Bonchev–Trinajstić information content (AvgIpc) is 3.75. The first kappa shape index (κ1) is 32.7. The number of aromatic amines is 1. The Kier molecular flexibility index (Phi) is 9.01.